The number of thiophene rings is 1. The molecule has 1 aromatic carbocycles. The van der Waals surface area contributed by atoms with Gasteiger partial charge in [-0.1, -0.05) is 0 Å². The van der Waals surface area contributed by atoms with Gasteiger partial charge in [-0.15, -0.1) is 11.3 Å². The Hall–Kier alpha value is -3.15. The number of carbonyl (C=O) groups excluding carboxylic acids is 2. The first-order chi connectivity index (χ1) is 15.3. The van der Waals surface area contributed by atoms with Crippen molar-refractivity contribution < 1.29 is 27.2 Å². The lowest BCUT2D eigenvalue weighted by Gasteiger charge is -2.13. The molecule has 32 heavy (non-hydrogen) atoms. The van der Waals surface area contributed by atoms with Gasteiger partial charge in [0.05, 0.1) is 33.8 Å². The lowest BCUT2D eigenvalue weighted by molar-refractivity contribution is 0.0995. The highest BCUT2D eigenvalue weighted by Crippen LogP contribution is 2.32. The van der Waals surface area contributed by atoms with Crippen molar-refractivity contribution in [3.05, 3.63) is 58.9 Å². The zero-order valence-electron chi connectivity index (χ0n) is 17.3. The van der Waals surface area contributed by atoms with Gasteiger partial charge in [0.25, 0.3) is 11.8 Å². The van der Waals surface area contributed by atoms with Crippen LogP contribution >= 0.6 is 11.3 Å². The van der Waals surface area contributed by atoms with Gasteiger partial charge in [0.1, 0.15) is 5.75 Å². The first-order valence-corrected chi connectivity index (χ1v) is 12.0. The predicted octanol–water partition coefficient (Wildman–Crippen LogP) is 3.60. The molecule has 2 aromatic heterocycles. The van der Waals surface area contributed by atoms with Gasteiger partial charge in [0.15, 0.2) is 5.76 Å². The molecule has 2 heterocycles. The fraction of sp³-hybridized carbons (Fsp3) is 0.238. The Morgan fingerprint density at radius 1 is 1.12 bits per heavy atom. The number of carbonyl (C=O) groups is 2. The molecular weight excluding hydrogens is 454 g/mol. The van der Waals surface area contributed by atoms with Gasteiger partial charge in [0, 0.05) is 6.04 Å². The number of hydrogen-bond donors (Lipinski definition) is 3. The standard InChI is InChI=1S/C21H21N3O6S2/c1-12-10-18(23-20(25)17-4-3-9-30-17)31-19(12)21(26)22-15-11-14(7-8-16(15)29-2)32(27,28)24-13-5-6-13/h3-4,7-11,13,24H,5-6H2,1-2H3,(H,22,26)(H,23,25). The third kappa shape index (κ3) is 4.85. The second-order valence-electron chi connectivity index (χ2n) is 7.27. The number of aryl methyl sites for hydroxylation is 1. The minimum atomic E-state index is -3.69. The van der Waals surface area contributed by atoms with Crippen LogP contribution in [0.15, 0.2) is 52.0 Å². The Labute approximate surface area is 188 Å². The zero-order chi connectivity index (χ0) is 22.9. The third-order valence-electron chi connectivity index (χ3n) is 4.73. The van der Waals surface area contributed by atoms with E-state index >= 15 is 0 Å². The van der Waals surface area contributed by atoms with Crippen LogP contribution in [0.5, 0.6) is 5.75 Å². The van der Waals surface area contributed by atoms with Crippen molar-refractivity contribution in [1.82, 2.24) is 4.72 Å². The topological polar surface area (TPSA) is 127 Å². The second-order valence-corrected chi connectivity index (χ2v) is 10.0. The van der Waals surface area contributed by atoms with Crippen LogP contribution in [0.2, 0.25) is 0 Å². The van der Waals surface area contributed by atoms with Gasteiger partial charge in [-0.05, 0) is 61.7 Å². The molecule has 1 saturated carbocycles. The molecule has 1 aliphatic carbocycles. The maximum Gasteiger partial charge on any atom is 0.291 e. The highest BCUT2D eigenvalue weighted by molar-refractivity contribution is 7.89. The van der Waals surface area contributed by atoms with Crippen molar-refractivity contribution in [2.24, 2.45) is 0 Å². The third-order valence-corrected chi connectivity index (χ3v) is 7.40. The summed E-state index contributed by atoms with van der Waals surface area (Å²) in [6.07, 6.45) is 3.03. The van der Waals surface area contributed by atoms with Gasteiger partial charge in [-0.25, -0.2) is 13.1 Å². The number of sulfonamides is 1. The molecule has 9 nitrogen and oxygen atoms in total. The van der Waals surface area contributed by atoms with Gasteiger partial charge >= 0.3 is 0 Å². The number of nitrogens with one attached hydrogen (secondary N) is 3. The van der Waals surface area contributed by atoms with Gasteiger partial charge in [-0.2, -0.15) is 0 Å². The summed E-state index contributed by atoms with van der Waals surface area (Å²) in [5, 5.41) is 5.89. The van der Waals surface area contributed by atoms with Gasteiger partial charge < -0.3 is 19.8 Å². The van der Waals surface area contributed by atoms with Gasteiger partial charge in [0.2, 0.25) is 10.0 Å². The zero-order valence-corrected chi connectivity index (χ0v) is 18.9. The molecule has 0 bridgehead atoms. The van der Waals surface area contributed by atoms with Crippen molar-refractivity contribution in [2.45, 2.75) is 30.7 Å². The Kier molecular flexibility index (Phi) is 6.04. The molecular formula is C21H21N3O6S2. The summed E-state index contributed by atoms with van der Waals surface area (Å²) >= 11 is 1.10. The van der Waals surface area contributed by atoms with Crippen LogP contribution in [-0.2, 0) is 10.0 Å². The van der Waals surface area contributed by atoms with Crippen LogP contribution in [0.1, 0.15) is 38.6 Å². The summed E-state index contributed by atoms with van der Waals surface area (Å²) in [4.78, 5) is 25.5. The maximum atomic E-state index is 12.9. The maximum absolute atomic E-state index is 12.9. The van der Waals surface area contributed by atoms with E-state index in [9.17, 15) is 18.0 Å². The molecule has 1 fully saturated rings. The summed E-state index contributed by atoms with van der Waals surface area (Å²) in [5.74, 6) is -0.395. The largest absolute Gasteiger partial charge is 0.495 e. The second kappa shape index (κ2) is 8.77. The first kappa shape index (κ1) is 22.1. The van der Waals surface area contributed by atoms with Crippen molar-refractivity contribution in [1.29, 1.82) is 0 Å². The molecule has 4 rings (SSSR count). The Bertz CT molecular complexity index is 1260. The molecule has 0 spiro atoms. The minimum absolute atomic E-state index is 0.0369. The van der Waals surface area contributed by atoms with Gasteiger partial charge in [-0.3, -0.25) is 9.59 Å². The Balaban J connectivity index is 1.54. The lowest BCUT2D eigenvalue weighted by atomic mass is 10.2. The fourth-order valence-corrected chi connectivity index (χ4v) is 5.26. The van der Waals surface area contributed by atoms with Crippen molar-refractivity contribution >= 4 is 43.9 Å². The van der Waals surface area contributed by atoms with E-state index in [1.54, 1.807) is 19.1 Å². The van der Waals surface area contributed by atoms with Crippen LogP contribution in [0.3, 0.4) is 0 Å². The summed E-state index contributed by atoms with van der Waals surface area (Å²) < 4.78 is 38.0. The van der Waals surface area contributed by atoms with E-state index in [0.717, 1.165) is 24.2 Å². The van der Waals surface area contributed by atoms with E-state index in [1.165, 1.54) is 37.6 Å². The van der Waals surface area contributed by atoms with Crippen molar-refractivity contribution in [3.8, 4) is 5.75 Å². The molecule has 0 aliphatic heterocycles. The average molecular weight is 476 g/mol. The van der Waals surface area contributed by atoms with Crippen LogP contribution in [0.25, 0.3) is 0 Å². The smallest absolute Gasteiger partial charge is 0.291 e. The highest BCUT2D eigenvalue weighted by atomic mass is 32.2. The summed E-state index contributed by atoms with van der Waals surface area (Å²) in [6, 6.07) is 9.07. The summed E-state index contributed by atoms with van der Waals surface area (Å²) in [5.41, 5.74) is 0.880. The molecule has 168 valence electrons. The molecule has 11 heteroatoms. The monoisotopic (exact) mass is 475 g/mol. The van der Waals surface area contributed by atoms with Crippen molar-refractivity contribution in [2.75, 3.05) is 17.7 Å². The van der Waals surface area contributed by atoms with E-state index < -0.39 is 21.8 Å². The fourth-order valence-electron chi connectivity index (χ4n) is 2.97. The molecule has 0 unspecified atom stereocenters. The normalized spacial score (nSPS) is 13.6. The van der Waals surface area contributed by atoms with Crippen LogP contribution in [0, 0.1) is 6.92 Å². The number of methoxy groups -OCH3 is 1. The quantitative estimate of drug-likeness (QED) is 0.457. The number of anilines is 2. The molecule has 0 atom stereocenters. The van der Waals surface area contributed by atoms with Crippen LogP contribution in [-0.4, -0.2) is 33.4 Å². The Morgan fingerprint density at radius 2 is 1.91 bits per heavy atom. The molecule has 0 saturated heterocycles. The SMILES string of the molecule is COc1ccc(S(=O)(=O)NC2CC2)cc1NC(=O)c1sc(NC(=O)c2ccco2)cc1C. The van der Waals surface area contributed by atoms with E-state index in [2.05, 4.69) is 15.4 Å². The summed E-state index contributed by atoms with van der Waals surface area (Å²) in [6.45, 7) is 1.74. The van der Waals surface area contributed by atoms with E-state index in [1.807, 2.05) is 0 Å². The predicted molar refractivity (Wildman–Crippen MR) is 120 cm³/mol. The number of amides is 2. The highest BCUT2D eigenvalue weighted by Gasteiger charge is 2.28. The molecule has 1 aliphatic rings. The van der Waals surface area contributed by atoms with Crippen LogP contribution < -0.4 is 20.1 Å². The number of furan rings is 1. The number of ether oxygens (including phenoxy) is 1. The number of benzene rings is 1. The number of rotatable bonds is 8. The first-order valence-electron chi connectivity index (χ1n) is 9.74. The van der Waals surface area contributed by atoms with E-state index in [4.69, 9.17) is 9.15 Å². The van der Waals surface area contributed by atoms with E-state index in [-0.39, 0.29) is 22.4 Å². The Morgan fingerprint density at radius 3 is 2.56 bits per heavy atom. The number of hydrogen-bond acceptors (Lipinski definition) is 7. The average Bonchev–Trinajstić information content (AvgIpc) is 3.23. The van der Waals surface area contributed by atoms with Crippen LogP contribution in [0.4, 0.5) is 10.7 Å². The molecule has 3 N–H and O–H groups in total. The van der Waals surface area contributed by atoms with Crippen molar-refractivity contribution in [3.63, 3.8) is 0 Å². The molecule has 2 amide bonds. The summed E-state index contributed by atoms with van der Waals surface area (Å²) in [7, 11) is -2.26. The minimum Gasteiger partial charge on any atom is -0.495 e. The lowest BCUT2D eigenvalue weighted by Crippen LogP contribution is -2.25. The molecule has 0 radical (unpaired) electrons. The van der Waals surface area contributed by atoms with E-state index in [0.29, 0.717) is 21.2 Å². The molecule has 3 aromatic rings.